The van der Waals surface area contributed by atoms with E-state index in [0.717, 1.165) is 0 Å². The Morgan fingerprint density at radius 2 is 1.19 bits per heavy atom. The van der Waals surface area contributed by atoms with E-state index in [1.54, 1.807) is 0 Å². The second-order valence-electron chi connectivity index (χ2n) is 7.42. The Balaban J connectivity index is 2.26. The molecule has 0 aliphatic carbocycles. The van der Waals surface area contributed by atoms with Gasteiger partial charge in [0.05, 0.1) is 0 Å². The summed E-state index contributed by atoms with van der Waals surface area (Å²) in [6, 6.07) is 18.1. The van der Waals surface area contributed by atoms with Gasteiger partial charge in [-0.05, 0) is 42.4 Å². The van der Waals surface area contributed by atoms with Crippen molar-refractivity contribution < 1.29 is 0 Å². The van der Waals surface area contributed by atoms with Crippen LogP contribution in [-0.2, 0) is 11.2 Å². The zero-order valence-corrected chi connectivity index (χ0v) is 15.1. The average molecular weight is 301 g/mol. The molecule has 0 amide bonds. The molecule has 0 spiro atoms. The van der Waals surface area contributed by atoms with Crippen LogP contribution in [0, 0.1) is 6.92 Å². The van der Waals surface area contributed by atoms with Crippen molar-refractivity contribution in [2.45, 2.75) is 31.9 Å². The Kier molecular flexibility index (Phi) is 4.53. The van der Waals surface area contributed by atoms with E-state index in [1.807, 2.05) is 0 Å². The normalized spacial score (nSPS) is 13.2. The fourth-order valence-electron chi connectivity index (χ4n) is 2.65. The molecule has 0 saturated heterocycles. The molecule has 0 aliphatic heterocycles. The maximum absolute atomic E-state index is 2.37. The van der Waals surface area contributed by atoms with Crippen molar-refractivity contribution in [3.63, 3.8) is 0 Å². The van der Waals surface area contributed by atoms with Crippen LogP contribution < -0.4 is 0 Å². The van der Waals surface area contributed by atoms with Crippen molar-refractivity contribution >= 4 is 10.0 Å². The summed E-state index contributed by atoms with van der Waals surface area (Å²) in [4.78, 5) is 0. The number of hydrogen-bond acceptors (Lipinski definition) is 0. The van der Waals surface area contributed by atoms with Gasteiger partial charge in [-0.25, -0.2) is 10.0 Å². The number of hydrogen-bond donors (Lipinski definition) is 0. The van der Waals surface area contributed by atoms with Gasteiger partial charge >= 0.3 is 0 Å². The molecule has 1 heteroatoms. The Morgan fingerprint density at radius 3 is 1.62 bits per heavy atom. The van der Waals surface area contributed by atoms with Gasteiger partial charge in [0.25, 0.3) is 0 Å². The minimum Gasteiger partial charge on any atom is -0.246 e. The first-order chi connectivity index (χ1) is 9.68. The monoisotopic (exact) mass is 300 g/mol. The fraction of sp³-hybridized carbons (Fsp3) is 0.400. The Hall–Kier alpha value is -1.21. The molecule has 0 atom stereocenters. The highest BCUT2D eigenvalue weighted by atomic mass is 32.3. The predicted molar refractivity (Wildman–Crippen MR) is 98.8 cm³/mol. The van der Waals surface area contributed by atoms with E-state index >= 15 is 0 Å². The highest BCUT2D eigenvalue weighted by molar-refractivity contribution is 8.31. The molecule has 114 valence electrons. The topological polar surface area (TPSA) is 0 Å². The smallest absolute Gasteiger partial charge is 0.0146 e. The Bertz CT molecular complexity index is 583. The summed E-state index contributed by atoms with van der Waals surface area (Å²) >= 11 is 0. The molecule has 0 bridgehead atoms. The molecule has 2 rings (SSSR count). The van der Waals surface area contributed by atoms with Gasteiger partial charge in [-0.15, -0.1) is 0 Å². The van der Waals surface area contributed by atoms with Crippen molar-refractivity contribution in [2.75, 3.05) is 18.8 Å². The fourth-order valence-corrected chi connectivity index (χ4v) is 3.85. The van der Waals surface area contributed by atoms with Crippen LogP contribution in [0.4, 0.5) is 0 Å². The molecule has 0 unspecified atom stereocenters. The van der Waals surface area contributed by atoms with Gasteiger partial charge < -0.3 is 0 Å². The third-order valence-electron chi connectivity index (χ3n) is 4.05. The van der Waals surface area contributed by atoms with Crippen LogP contribution in [0.5, 0.6) is 0 Å². The van der Waals surface area contributed by atoms with E-state index in [0.29, 0.717) is 0 Å². The third-order valence-corrected chi connectivity index (χ3v) is 5.25. The van der Waals surface area contributed by atoms with E-state index in [-0.39, 0.29) is 5.41 Å². The molecule has 0 heterocycles. The largest absolute Gasteiger partial charge is 0.246 e. The van der Waals surface area contributed by atoms with Gasteiger partial charge in [-0.1, -0.05) is 67.9 Å². The Morgan fingerprint density at radius 1 is 0.762 bits per heavy atom. The van der Waals surface area contributed by atoms with Crippen molar-refractivity contribution in [3.05, 3.63) is 70.8 Å². The van der Waals surface area contributed by atoms with Crippen LogP contribution in [0.15, 0.2) is 48.5 Å². The van der Waals surface area contributed by atoms with Gasteiger partial charge in [0, 0.05) is 11.2 Å². The molecule has 0 fully saturated rings. The van der Waals surface area contributed by atoms with E-state index < -0.39 is 10.0 Å². The lowest BCUT2D eigenvalue weighted by Crippen LogP contribution is -2.18. The molecule has 0 nitrogen and oxygen atoms in total. The molecule has 0 saturated carbocycles. The summed E-state index contributed by atoms with van der Waals surface area (Å²) in [6.45, 7) is 6.75. The molecule has 0 N–H and O–H groups in total. The van der Waals surface area contributed by atoms with Crippen LogP contribution in [0.2, 0.25) is 0 Å². The summed E-state index contributed by atoms with van der Waals surface area (Å²) in [5.74, 6) is 1.21. The predicted octanol–water partition coefficient (Wildman–Crippen LogP) is 5.51. The summed E-state index contributed by atoms with van der Waals surface area (Å²) in [5, 5.41) is 0. The first-order valence-electron chi connectivity index (χ1n) is 7.51. The van der Waals surface area contributed by atoms with E-state index in [9.17, 15) is 0 Å². The number of benzene rings is 2. The lowest BCUT2D eigenvalue weighted by Gasteiger charge is -2.28. The molecule has 0 radical (unpaired) electrons. The zero-order chi connectivity index (χ0) is 15.7. The van der Waals surface area contributed by atoms with Crippen LogP contribution >= 0.6 is 10.0 Å². The molecule has 2 aromatic carbocycles. The van der Waals surface area contributed by atoms with Gasteiger partial charge in [0.15, 0.2) is 0 Å². The first kappa shape index (κ1) is 16.2. The van der Waals surface area contributed by atoms with Gasteiger partial charge in [-0.3, -0.25) is 0 Å². The van der Waals surface area contributed by atoms with Crippen LogP contribution in [0.25, 0.3) is 0 Å². The standard InChI is InChI=1S/C20H28S/c1-16-7-11-18(12-8-16)20(2,3)19-13-9-17(10-14-19)15-21(4,5)6/h7-14H,15H2,1-6H3. The van der Waals surface area contributed by atoms with Gasteiger partial charge in [0.2, 0.25) is 0 Å². The molecule has 21 heavy (non-hydrogen) atoms. The van der Waals surface area contributed by atoms with Crippen LogP contribution in [-0.4, -0.2) is 18.8 Å². The average Bonchev–Trinajstić information content (AvgIpc) is 2.38. The second kappa shape index (κ2) is 5.88. The molecule has 2 aromatic rings. The summed E-state index contributed by atoms with van der Waals surface area (Å²) < 4.78 is 0. The van der Waals surface area contributed by atoms with Crippen molar-refractivity contribution in [1.82, 2.24) is 0 Å². The van der Waals surface area contributed by atoms with Crippen molar-refractivity contribution in [3.8, 4) is 0 Å². The molecule has 0 aromatic heterocycles. The lowest BCUT2D eigenvalue weighted by atomic mass is 9.78. The lowest BCUT2D eigenvalue weighted by molar-refractivity contribution is 0.640. The van der Waals surface area contributed by atoms with Crippen LogP contribution in [0.1, 0.15) is 36.1 Å². The van der Waals surface area contributed by atoms with E-state index in [4.69, 9.17) is 0 Å². The molecular formula is C20H28S. The van der Waals surface area contributed by atoms with E-state index in [2.05, 4.69) is 88.1 Å². The third kappa shape index (κ3) is 4.14. The van der Waals surface area contributed by atoms with Gasteiger partial charge in [0.1, 0.15) is 0 Å². The molecular weight excluding hydrogens is 272 g/mol. The highest BCUT2D eigenvalue weighted by Gasteiger charge is 2.22. The minimum atomic E-state index is -0.482. The second-order valence-corrected chi connectivity index (χ2v) is 11.9. The van der Waals surface area contributed by atoms with Crippen molar-refractivity contribution in [1.29, 1.82) is 0 Å². The molecule has 0 aliphatic rings. The number of aryl methyl sites for hydroxylation is 1. The van der Waals surface area contributed by atoms with Crippen molar-refractivity contribution in [2.24, 2.45) is 0 Å². The zero-order valence-electron chi connectivity index (χ0n) is 14.2. The maximum Gasteiger partial charge on any atom is 0.0146 e. The summed E-state index contributed by atoms with van der Waals surface area (Å²) in [6.07, 6.45) is 7.12. The SMILES string of the molecule is Cc1ccc(C(C)(C)c2ccc(CS(C)(C)C)cc2)cc1. The first-order valence-corrected chi connectivity index (χ1v) is 10.5. The van der Waals surface area contributed by atoms with Crippen LogP contribution in [0.3, 0.4) is 0 Å². The van der Waals surface area contributed by atoms with Gasteiger partial charge in [-0.2, -0.15) is 0 Å². The summed E-state index contributed by atoms with van der Waals surface area (Å²) in [7, 11) is -0.482. The quantitative estimate of drug-likeness (QED) is 0.698. The van der Waals surface area contributed by atoms with E-state index in [1.165, 1.54) is 28.0 Å². The highest BCUT2D eigenvalue weighted by Crippen LogP contribution is 2.39. The maximum atomic E-state index is 2.37. The Labute approximate surface area is 131 Å². The summed E-state index contributed by atoms with van der Waals surface area (Å²) in [5.41, 5.74) is 5.60. The minimum absolute atomic E-state index is 0.0564. The number of rotatable bonds is 4.